The third-order valence-electron chi connectivity index (χ3n) is 2.57. The van der Waals surface area contributed by atoms with E-state index in [2.05, 4.69) is 5.92 Å². The lowest BCUT2D eigenvalue weighted by Gasteiger charge is -2.22. The van der Waals surface area contributed by atoms with Crippen LogP contribution in [0.3, 0.4) is 0 Å². The van der Waals surface area contributed by atoms with Crippen molar-refractivity contribution in [3.63, 3.8) is 0 Å². The van der Waals surface area contributed by atoms with E-state index in [0.29, 0.717) is 13.2 Å². The maximum atomic E-state index is 5.54. The molecule has 0 amide bonds. The third-order valence-corrected chi connectivity index (χ3v) is 2.57. The monoisotopic (exact) mass is 238 g/mol. The normalized spacial score (nSPS) is 21.6. The molecule has 96 valence electrons. The molecule has 0 radical (unpaired) electrons. The molecule has 0 bridgehead atoms. The van der Waals surface area contributed by atoms with E-state index >= 15 is 0 Å². The summed E-state index contributed by atoms with van der Waals surface area (Å²) in [6.45, 7) is 5.62. The minimum absolute atomic E-state index is 0.0310. The molecular formula is C14H22O3. The standard InChI is InChI=1S/C14H22O3/c1-4-14(2,3)17-12-8-7-11-16-13-9-5-6-10-15-13/h1,7-8,13H,5-6,9-12H2,2-3H3/b8-7+. The highest BCUT2D eigenvalue weighted by Gasteiger charge is 2.13. The Balaban J connectivity index is 2.04. The smallest absolute Gasteiger partial charge is 0.157 e. The maximum Gasteiger partial charge on any atom is 0.157 e. The van der Waals surface area contributed by atoms with Gasteiger partial charge in [0.05, 0.1) is 13.2 Å². The second kappa shape index (κ2) is 7.50. The minimum atomic E-state index is -0.502. The van der Waals surface area contributed by atoms with Gasteiger partial charge in [-0.25, -0.2) is 0 Å². The Labute approximate surface area is 104 Å². The van der Waals surface area contributed by atoms with Crippen molar-refractivity contribution in [3.8, 4) is 12.3 Å². The van der Waals surface area contributed by atoms with E-state index in [0.717, 1.165) is 19.4 Å². The van der Waals surface area contributed by atoms with Crippen LogP contribution in [0.5, 0.6) is 0 Å². The van der Waals surface area contributed by atoms with Crippen LogP contribution in [-0.4, -0.2) is 31.7 Å². The number of rotatable bonds is 6. The fraction of sp³-hybridized carbons (Fsp3) is 0.714. The molecule has 1 saturated heterocycles. The molecule has 1 rings (SSSR count). The molecule has 0 aliphatic carbocycles. The van der Waals surface area contributed by atoms with E-state index in [9.17, 15) is 0 Å². The predicted molar refractivity (Wildman–Crippen MR) is 67.5 cm³/mol. The summed E-state index contributed by atoms with van der Waals surface area (Å²) < 4.78 is 16.4. The van der Waals surface area contributed by atoms with Gasteiger partial charge in [0.25, 0.3) is 0 Å². The Bertz CT molecular complexity index is 270. The molecule has 0 spiro atoms. The minimum Gasteiger partial charge on any atom is -0.359 e. The molecule has 0 N–H and O–H groups in total. The van der Waals surface area contributed by atoms with Gasteiger partial charge in [-0.2, -0.15) is 0 Å². The summed E-state index contributed by atoms with van der Waals surface area (Å²) in [4.78, 5) is 0. The number of hydrogen-bond donors (Lipinski definition) is 0. The molecule has 3 heteroatoms. The van der Waals surface area contributed by atoms with Crippen LogP contribution in [0.1, 0.15) is 33.1 Å². The third kappa shape index (κ3) is 6.48. The zero-order valence-electron chi connectivity index (χ0n) is 10.8. The molecule has 17 heavy (non-hydrogen) atoms. The van der Waals surface area contributed by atoms with Gasteiger partial charge < -0.3 is 14.2 Å². The first kappa shape index (κ1) is 14.2. The van der Waals surface area contributed by atoms with Crippen LogP contribution in [0.2, 0.25) is 0 Å². The molecule has 0 aromatic carbocycles. The summed E-state index contributed by atoms with van der Waals surface area (Å²) in [7, 11) is 0. The van der Waals surface area contributed by atoms with Crippen LogP contribution in [-0.2, 0) is 14.2 Å². The van der Waals surface area contributed by atoms with Crippen molar-refractivity contribution < 1.29 is 14.2 Å². The summed E-state index contributed by atoms with van der Waals surface area (Å²) in [5, 5.41) is 0. The van der Waals surface area contributed by atoms with Gasteiger partial charge in [0.2, 0.25) is 0 Å². The first-order valence-corrected chi connectivity index (χ1v) is 6.14. The first-order valence-electron chi connectivity index (χ1n) is 6.14. The first-order chi connectivity index (χ1) is 8.14. The number of hydrogen-bond acceptors (Lipinski definition) is 3. The quantitative estimate of drug-likeness (QED) is 0.525. The topological polar surface area (TPSA) is 27.7 Å². The van der Waals surface area contributed by atoms with E-state index < -0.39 is 5.60 Å². The number of terminal acetylenes is 1. The van der Waals surface area contributed by atoms with Crippen molar-refractivity contribution >= 4 is 0 Å². The van der Waals surface area contributed by atoms with Gasteiger partial charge in [-0.05, 0) is 33.1 Å². The van der Waals surface area contributed by atoms with Crippen LogP contribution >= 0.6 is 0 Å². The van der Waals surface area contributed by atoms with E-state index in [-0.39, 0.29) is 6.29 Å². The SMILES string of the molecule is C#CC(C)(C)OC/C=C/COC1CCCCO1. The van der Waals surface area contributed by atoms with Crippen LogP contribution in [0.15, 0.2) is 12.2 Å². The van der Waals surface area contributed by atoms with Crippen LogP contribution in [0.4, 0.5) is 0 Å². The Morgan fingerprint density at radius 1 is 1.35 bits per heavy atom. The lowest BCUT2D eigenvalue weighted by molar-refractivity contribution is -0.155. The van der Waals surface area contributed by atoms with E-state index in [4.69, 9.17) is 20.6 Å². The van der Waals surface area contributed by atoms with Gasteiger partial charge in [-0.3, -0.25) is 0 Å². The highest BCUT2D eigenvalue weighted by atomic mass is 16.7. The second-order valence-electron chi connectivity index (χ2n) is 4.57. The van der Waals surface area contributed by atoms with E-state index in [1.807, 2.05) is 26.0 Å². The summed E-state index contributed by atoms with van der Waals surface area (Å²) in [6, 6.07) is 0. The summed E-state index contributed by atoms with van der Waals surface area (Å²) >= 11 is 0. The van der Waals surface area contributed by atoms with Crippen molar-refractivity contribution in [1.29, 1.82) is 0 Å². The molecule has 1 aliphatic rings. The fourth-order valence-electron chi connectivity index (χ4n) is 1.44. The summed E-state index contributed by atoms with van der Waals surface area (Å²) in [5.41, 5.74) is -0.502. The lowest BCUT2D eigenvalue weighted by atomic mass is 10.1. The van der Waals surface area contributed by atoms with E-state index in [1.165, 1.54) is 6.42 Å². The van der Waals surface area contributed by atoms with Crippen molar-refractivity contribution in [2.45, 2.75) is 45.0 Å². The molecule has 0 saturated carbocycles. The van der Waals surface area contributed by atoms with Crippen LogP contribution in [0.25, 0.3) is 0 Å². The lowest BCUT2D eigenvalue weighted by Crippen LogP contribution is -2.22. The molecule has 1 heterocycles. The van der Waals surface area contributed by atoms with Gasteiger partial charge >= 0.3 is 0 Å². The molecule has 1 atom stereocenters. The predicted octanol–water partition coefficient (Wildman–Crippen LogP) is 2.51. The molecule has 1 unspecified atom stereocenters. The molecule has 1 aliphatic heterocycles. The van der Waals surface area contributed by atoms with Crippen molar-refractivity contribution in [2.75, 3.05) is 19.8 Å². The Morgan fingerprint density at radius 3 is 2.76 bits per heavy atom. The van der Waals surface area contributed by atoms with Gasteiger partial charge in [0.1, 0.15) is 5.60 Å². The average molecular weight is 238 g/mol. The highest BCUT2D eigenvalue weighted by Crippen LogP contribution is 2.13. The number of ether oxygens (including phenoxy) is 3. The second-order valence-corrected chi connectivity index (χ2v) is 4.57. The summed E-state index contributed by atoms with van der Waals surface area (Å²) in [6.07, 6.45) is 12.5. The molecule has 3 nitrogen and oxygen atoms in total. The fourth-order valence-corrected chi connectivity index (χ4v) is 1.44. The molecule has 0 aromatic rings. The van der Waals surface area contributed by atoms with Gasteiger partial charge in [-0.15, -0.1) is 6.42 Å². The Hall–Kier alpha value is -0.820. The maximum absolute atomic E-state index is 5.54. The van der Waals surface area contributed by atoms with Crippen molar-refractivity contribution in [2.24, 2.45) is 0 Å². The van der Waals surface area contributed by atoms with Gasteiger partial charge in [-0.1, -0.05) is 18.1 Å². The Morgan fingerprint density at radius 2 is 2.12 bits per heavy atom. The van der Waals surface area contributed by atoms with Crippen molar-refractivity contribution in [3.05, 3.63) is 12.2 Å². The summed E-state index contributed by atoms with van der Waals surface area (Å²) in [5.74, 6) is 2.58. The molecular weight excluding hydrogens is 216 g/mol. The van der Waals surface area contributed by atoms with E-state index in [1.54, 1.807) is 0 Å². The molecule has 0 aromatic heterocycles. The van der Waals surface area contributed by atoms with Crippen molar-refractivity contribution in [1.82, 2.24) is 0 Å². The zero-order valence-corrected chi connectivity index (χ0v) is 10.8. The van der Waals surface area contributed by atoms with Gasteiger partial charge in [0, 0.05) is 6.61 Å². The molecule has 1 fully saturated rings. The largest absolute Gasteiger partial charge is 0.359 e. The highest BCUT2D eigenvalue weighted by molar-refractivity contribution is 5.03. The average Bonchev–Trinajstić information content (AvgIpc) is 2.35. The Kier molecular flexibility index (Phi) is 6.28. The van der Waals surface area contributed by atoms with Crippen LogP contribution < -0.4 is 0 Å². The van der Waals surface area contributed by atoms with Gasteiger partial charge in [0.15, 0.2) is 6.29 Å². The van der Waals surface area contributed by atoms with Crippen LogP contribution in [0, 0.1) is 12.3 Å². The zero-order chi connectivity index (χ0) is 12.6.